The first kappa shape index (κ1) is 13.2. The summed E-state index contributed by atoms with van der Waals surface area (Å²) in [5.41, 5.74) is 1.50. The highest BCUT2D eigenvalue weighted by Crippen LogP contribution is 2.41. The second-order valence-corrected chi connectivity index (χ2v) is 6.32. The summed E-state index contributed by atoms with van der Waals surface area (Å²) in [7, 11) is 0. The summed E-state index contributed by atoms with van der Waals surface area (Å²) in [4.78, 5) is 4.42. The summed E-state index contributed by atoms with van der Waals surface area (Å²) >= 11 is 0. The number of aromatic nitrogens is 2. The van der Waals surface area contributed by atoms with E-state index in [2.05, 4.69) is 28.0 Å². The normalized spacial score (nSPS) is 28.9. The van der Waals surface area contributed by atoms with Gasteiger partial charge in [-0.05, 0) is 37.8 Å². The van der Waals surface area contributed by atoms with Crippen molar-refractivity contribution in [3.8, 4) is 0 Å². The van der Waals surface area contributed by atoms with Gasteiger partial charge in [0.1, 0.15) is 0 Å². The number of hydrogen-bond acceptors (Lipinski definition) is 2. The molecule has 1 aliphatic heterocycles. The third-order valence-electron chi connectivity index (χ3n) is 5.12. The van der Waals surface area contributed by atoms with Crippen molar-refractivity contribution in [3.05, 3.63) is 18.2 Å². The minimum Gasteiger partial charge on any atom is -0.334 e. The molecule has 1 aliphatic carbocycles. The summed E-state index contributed by atoms with van der Waals surface area (Å²) in [6, 6.07) is 0. The highest BCUT2D eigenvalue weighted by atomic mass is 15.1. The van der Waals surface area contributed by atoms with Crippen LogP contribution in [0.15, 0.2) is 12.5 Å². The fraction of sp³-hybridized carbons (Fsp3) is 0.812. The number of piperidine rings is 1. The quantitative estimate of drug-likeness (QED) is 0.902. The predicted molar refractivity (Wildman–Crippen MR) is 78.2 cm³/mol. The van der Waals surface area contributed by atoms with Gasteiger partial charge in [0.15, 0.2) is 0 Å². The van der Waals surface area contributed by atoms with Crippen molar-refractivity contribution >= 4 is 0 Å². The fourth-order valence-corrected chi connectivity index (χ4v) is 4.20. The second-order valence-electron chi connectivity index (χ2n) is 6.32. The number of hydrogen-bond donors (Lipinski definition) is 1. The van der Waals surface area contributed by atoms with Crippen LogP contribution in [0.1, 0.15) is 57.1 Å². The van der Waals surface area contributed by atoms with E-state index < -0.39 is 0 Å². The van der Waals surface area contributed by atoms with Crippen LogP contribution >= 0.6 is 0 Å². The first-order chi connectivity index (χ1) is 9.40. The molecular formula is C16H27N3. The molecule has 3 rings (SSSR count). The average Bonchev–Trinajstić information content (AvgIpc) is 3.10. The van der Waals surface area contributed by atoms with Gasteiger partial charge < -0.3 is 9.88 Å². The van der Waals surface area contributed by atoms with Gasteiger partial charge in [-0.2, -0.15) is 0 Å². The van der Waals surface area contributed by atoms with Crippen molar-refractivity contribution in [1.29, 1.82) is 0 Å². The Morgan fingerprint density at radius 1 is 1.32 bits per heavy atom. The van der Waals surface area contributed by atoms with E-state index in [0.29, 0.717) is 0 Å². The minimum atomic E-state index is 0.735. The van der Waals surface area contributed by atoms with E-state index in [1.54, 1.807) is 0 Å². The number of nitrogens with zero attached hydrogens (tertiary/aromatic N) is 2. The van der Waals surface area contributed by atoms with Gasteiger partial charge in [0.25, 0.3) is 0 Å². The molecule has 1 aromatic heterocycles. The number of rotatable bonds is 4. The largest absolute Gasteiger partial charge is 0.334 e. The van der Waals surface area contributed by atoms with Gasteiger partial charge in [0, 0.05) is 24.4 Å². The van der Waals surface area contributed by atoms with Crippen LogP contribution in [-0.4, -0.2) is 22.6 Å². The van der Waals surface area contributed by atoms with Gasteiger partial charge >= 0.3 is 0 Å². The zero-order valence-corrected chi connectivity index (χ0v) is 12.1. The third kappa shape index (κ3) is 2.71. The topological polar surface area (TPSA) is 29.9 Å². The van der Waals surface area contributed by atoms with Crippen LogP contribution in [0.5, 0.6) is 0 Å². The maximum atomic E-state index is 4.42. The molecular weight excluding hydrogens is 234 g/mol. The number of imidazole rings is 1. The van der Waals surface area contributed by atoms with E-state index in [1.165, 1.54) is 57.3 Å². The first-order valence-electron chi connectivity index (χ1n) is 8.11. The smallest absolute Gasteiger partial charge is 0.0948 e. The van der Waals surface area contributed by atoms with Gasteiger partial charge in [0.05, 0.1) is 6.33 Å². The standard InChI is InChI=1S/C16H27N3/c1-2-9-19-12-18-11-16(19)14-7-8-17-10-15(14)13-5-3-4-6-13/h11-15,17H,2-10H2,1H3. The lowest BCUT2D eigenvalue weighted by molar-refractivity contribution is 0.224. The summed E-state index contributed by atoms with van der Waals surface area (Å²) < 4.78 is 2.40. The Bertz CT molecular complexity index is 392. The van der Waals surface area contributed by atoms with Gasteiger partial charge in [-0.25, -0.2) is 4.98 Å². The Balaban J connectivity index is 1.80. The van der Waals surface area contributed by atoms with E-state index in [1.807, 2.05) is 6.33 Å². The Kier molecular flexibility index (Phi) is 4.21. The van der Waals surface area contributed by atoms with Crippen LogP contribution in [0, 0.1) is 11.8 Å². The molecule has 2 heterocycles. The monoisotopic (exact) mass is 261 g/mol. The average molecular weight is 261 g/mol. The van der Waals surface area contributed by atoms with Gasteiger partial charge in [-0.15, -0.1) is 0 Å². The molecule has 0 spiro atoms. The van der Waals surface area contributed by atoms with Crippen molar-refractivity contribution in [2.45, 2.75) is 57.9 Å². The summed E-state index contributed by atoms with van der Waals surface area (Å²) in [5, 5.41) is 3.63. The van der Waals surface area contributed by atoms with E-state index in [9.17, 15) is 0 Å². The molecule has 0 radical (unpaired) electrons. The van der Waals surface area contributed by atoms with Crippen LogP contribution < -0.4 is 5.32 Å². The summed E-state index contributed by atoms with van der Waals surface area (Å²) in [5.74, 6) is 2.52. The Morgan fingerprint density at radius 2 is 2.16 bits per heavy atom. The molecule has 3 nitrogen and oxygen atoms in total. The lowest BCUT2D eigenvalue weighted by Gasteiger charge is -2.36. The van der Waals surface area contributed by atoms with Crippen molar-refractivity contribution in [1.82, 2.24) is 14.9 Å². The molecule has 1 aromatic rings. The molecule has 1 N–H and O–H groups in total. The Morgan fingerprint density at radius 3 is 2.95 bits per heavy atom. The van der Waals surface area contributed by atoms with Gasteiger partial charge in [-0.1, -0.05) is 32.6 Å². The van der Waals surface area contributed by atoms with Crippen LogP contribution in [0.25, 0.3) is 0 Å². The molecule has 106 valence electrons. The lowest BCUT2D eigenvalue weighted by Crippen LogP contribution is -2.39. The maximum Gasteiger partial charge on any atom is 0.0948 e. The molecule has 0 amide bonds. The van der Waals surface area contributed by atoms with Crippen molar-refractivity contribution in [2.24, 2.45) is 11.8 Å². The van der Waals surface area contributed by atoms with Gasteiger partial charge in [0.2, 0.25) is 0 Å². The van der Waals surface area contributed by atoms with E-state index in [4.69, 9.17) is 0 Å². The van der Waals surface area contributed by atoms with Crippen LogP contribution in [-0.2, 0) is 6.54 Å². The molecule has 1 saturated heterocycles. The first-order valence-corrected chi connectivity index (χ1v) is 8.11. The maximum absolute atomic E-state index is 4.42. The fourth-order valence-electron chi connectivity index (χ4n) is 4.20. The summed E-state index contributed by atoms with van der Waals surface area (Å²) in [6.45, 7) is 5.76. The predicted octanol–water partition coefficient (Wildman–Crippen LogP) is 3.18. The van der Waals surface area contributed by atoms with Crippen molar-refractivity contribution in [3.63, 3.8) is 0 Å². The molecule has 2 fully saturated rings. The molecule has 2 atom stereocenters. The zero-order valence-electron chi connectivity index (χ0n) is 12.1. The van der Waals surface area contributed by atoms with E-state index in [-0.39, 0.29) is 0 Å². The molecule has 3 heteroatoms. The van der Waals surface area contributed by atoms with Crippen LogP contribution in [0.4, 0.5) is 0 Å². The molecule has 0 bridgehead atoms. The molecule has 0 aromatic carbocycles. The SMILES string of the molecule is CCCn1cncc1C1CCNCC1C1CCCC1. The van der Waals surface area contributed by atoms with Crippen molar-refractivity contribution in [2.75, 3.05) is 13.1 Å². The summed E-state index contributed by atoms with van der Waals surface area (Å²) in [6.07, 6.45) is 12.4. The number of aryl methyl sites for hydroxylation is 1. The van der Waals surface area contributed by atoms with E-state index >= 15 is 0 Å². The molecule has 1 saturated carbocycles. The van der Waals surface area contributed by atoms with Crippen LogP contribution in [0.2, 0.25) is 0 Å². The minimum absolute atomic E-state index is 0.735. The molecule has 19 heavy (non-hydrogen) atoms. The van der Waals surface area contributed by atoms with Gasteiger partial charge in [-0.3, -0.25) is 0 Å². The Hall–Kier alpha value is -0.830. The van der Waals surface area contributed by atoms with Crippen molar-refractivity contribution < 1.29 is 0 Å². The zero-order chi connectivity index (χ0) is 13.1. The molecule has 2 aliphatic rings. The third-order valence-corrected chi connectivity index (χ3v) is 5.12. The van der Waals surface area contributed by atoms with E-state index in [0.717, 1.165) is 24.3 Å². The second kappa shape index (κ2) is 6.08. The number of nitrogens with one attached hydrogen (secondary N) is 1. The van der Waals surface area contributed by atoms with Crippen LogP contribution in [0.3, 0.4) is 0 Å². The molecule has 2 unspecified atom stereocenters. The highest BCUT2D eigenvalue weighted by Gasteiger charge is 2.35. The lowest BCUT2D eigenvalue weighted by atomic mass is 9.75. The highest BCUT2D eigenvalue weighted by molar-refractivity contribution is 5.11. The Labute approximate surface area is 116 Å².